The van der Waals surface area contributed by atoms with Gasteiger partial charge in [0.15, 0.2) is 9.84 Å². The molecular weight excluding hydrogens is 461 g/mol. The van der Waals surface area contributed by atoms with E-state index in [1.54, 1.807) is 18.2 Å². The van der Waals surface area contributed by atoms with Gasteiger partial charge < -0.3 is 5.32 Å². The van der Waals surface area contributed by atoms with Gasteiger partial charge in [-0.25, -0.2) is 12.8 Å². The van der Waals surface area contributed by atoms with Crippen LogP contribution in [0, 0.1) is 17.1 Å². The zero-order valence-electron chi connectivity index (χ0n) is 18.0. The number of fused-ring (bicyclic) bond motifs is 1. The van der Waals surface area contributed by atoms with E-state index >= 15 is 0 Å². The third-order valence-electron chi connectivity index (χ3n) is 5.51. The number of thiophene rings is 1. The smallest absolute Gasteiger partial charge is 0.229 e. The van der Waals surface area contributed by atoms with Crippen LogP contribution in [0.1, 0.15) is 27.1 Å². The molecule has 1 N–H and O–H groups in total. The van der Waals surface area contributed by atoms with Crippen molar-refractivity contribution >= 4 is 32.1 Å². The third-order valence-corrected chi connectivity index (χ3v) is 7.77. The number of nitriles is 1. The predicted molar refractivity (Wildman–Crippen MR) is 125 cm³/mol. The molecule has 0 saturated carbocycles. The van der Waals surface area contributed by atoms with Crippen LogP contribution in [0.2, 0.25) is 0 Å². The minimum absolute atomic E-state index is 0.0726. The second kappa shape index (κ2) is 9.43. The Balaban J connectivity index is 1.44. The summed E-state index contributed by atoms with van der Waals surface area (Å²) >= 11 is 1.40. The van der Waals surface area contributed by atoms with Crippen LogP contribution in [0.15, 0.2) is 53.4 Å². The van der Waals surface area contributed by atoms with Crippen molar-refractivity contribution in [3.8, 4) is 6.07 Å². The standard InChI is InChI=1S/C24H22FN3O3S2/c1-33(30,31)19-7-5-16(6-8-19)12-23(29)27-24-21(13-26)20-9-10-28(15-22(20)32-24)14-17-3-2-4-18(25)11-17/h2-8,11H,9-10,12,14-15H2,1H3,(H,27,29). The summed E-state index contributed by atoms with van der Waals surface area (Å²) in [5.74, 6) is -0.530. The molecule has 1 aliphatic heterocycles. The summed E-state index contributed by atoms with van der Waals surface area (Å²) in [4.78, 5) is 16.0. The van der Waals surface area contributed by atoms with Crippen molar-refractivity contribution in [2.24, 2.45) is 0 Å². The maximum absolute atomic E-state index is 13.5. The third kappa shape index (κ3) is 5.47. The zero-order valence-corrected chi connectivity index (χ0v) is 19.6. The summed E-state index contributed by atoms with van der Waals surface area (Å²) in [7, 11) is -3.29. The molecule has 0 unspecified atom stereocenters. The quantitative estimate of drug-likeness (QED) is 0.574. The number of sulfone groups is 1. The number of carbonyl (C=O) groups excluding carboxylic acids is 1. The summed E-state index contributed by atoms with van der Waals surface area (Å²) in [5, 5.41) is 13.1. The Morgan fingerprint density at radius 3 is 2.64 bits per heavy atom. The van der Waals surface area contributed by atoms with Crippen LogP contribution in [0.5, 0.6) is 0 Å². The number of nitrogens with zero attached hydrogens (tertiary/aromatic N) is 2. The molecule has 1 amide bonds. The van der Waals surface area contributed by atoms with Gasteiger partial charge in [-0.15, -0.1) is 11.3 Å². The van der Waals surface area contributed by atoms with Gasteiger partial charge in [-0.1, -0.05) is 24.3 Å². The normalized spacial score (nSPS) is 13.8. The predicted octanol–water partition coefficient (Wildman–Crippen LogP) is 3.90. The molecule has 9 heteroatoms. The van der Waals surface area contributed by atoms with E-state index in [-0.39, 0.29) is 23.0 Å². The molecule has 0 saturated heterocycles. The maximum Gasteiger partial charge on any atom is 0.229 e. The van der Waals surface area contributed by atoms with Crippen molar-refractivity contribution in [2.75, 3.05) is 18.1 Å². The fourth-order valence-corrected chi connectivity index (χ4v) is 5.79. The van der Waals surface area contributed by atoms with Crippen LogP contribution in [0.3, 0.4) is 0 Å². The Hall–Kier alpha value is -3.06. The van der Waals surface area contributed by atoms with Gasteiger partial charge in [0.05, 0.1) is 16.9 Å². The number of carbonyl (C=O) groups is 1. The molecule has 33 heavy (non-hydrogen) atoms. The molecule has 0 spiro atoms. The molecular formula is C24H22FN3O3S2. The molecule has 0 fully saturated rings. The lowest BCUT2D eigenvalue weighted by Crippen LogP contribution is -2.29. The fourth-order valence-electron chi connectivity index (χ4n) is 3.90. The van der Waals surface area contributed by atoms with Crippen LogP contribution >= 0.6 is 11.3 Å². The highest BCUT2D eigenvalue weighted by atomic mass is 32.2. The fraction of sp³-hybridized carbons (Fsp3) is 0.250. The molecule has 4 rings (SSSR count). The van der Waals surface area contributed by atoms with E-state index in [0.29, 0.717) is 35.6 Å². The molecule has 0 aliphatic carbocycles. The first-order valence-electron chi connectivity index (χ1n) is 10.3. The summed E-state index contributed by atoms with van der Waals surface area (Å²) in [5.41, 5.74) is 3.04. The monoisotopic (exact) mass is 483 g/mol. The van der Waals surface area contributed by atoms with Gasteiger partial charge in [-0.3, -0.25) is 9.69 Å². The van der Waals surface area contributed by atoms with E-state index in [4.69, 9.17) is 0 Å². The van der Waals surface area contributed by atoms with Crippen molar-refractivity contribution in [2.45, 2.75) is 30.8 Å². The van der Waals surface area contributed by atoms with Gasteiger partial charge in [0.2, 0.25) is 5.91 Å². The number of nitrogens with one attached hydrogen (secondary N) is 1. The summed E-state index contributed by atoms with van der Waals surface area (Å²) in [6.45, 7) is 1.99. The molecule has 0 bridgehead atoms. The SMILES string of the molecule is CS(=O)(=O)c1ccc(CC(=O)Nc2sc3c(c2C#N)CCN(Cc2cccc(F)c2)C3)cc1. The molecule has 3 aromatic rings. The Morgan fingerprint density at radius 1 is 1.21 bits per heavy atom. The number of halogens is 1. The van der Waals surface area contributed by atoms with Gasteiger partial charge in [-0.2, -0.15) is 5.26 Å². The van der Waals surface area contributed by atoms with E-state index in [9.17, 15) is 22.9 Å². The number of rotatable bonds is 6. The molecule has 0 radical (unpaired) electrons. The number of hydrogen-bond acceptors (Lipinski definition) is 6. The van der Waals surface area contributed by atoms with E-state index in [2.05, 4.69) is 16.3 Å². The van der Waals surface area contributed by atoms with Crippen molar-refractivity contribution in [1.82, 2.24) is 4.90 Å². The van der Waals surface area contributed by atoms with Crippen molar-refractivity contribution in [1.29, 1.82) is 5.26 Å². The molecule has 0 atom stereocenters. The van der Waals surface area contributed by atoms with Crippen LogP contribution in [-0.2, 0) is 40.6 Å². The van der Waals surface area contributed by atoms with Gasteiger partial charge in [-0.05, 0) is 47.4 Å². The minimum atomic E-state index is -3.29. The zero-order chi connectivity index (χ0) is 23.6. The van der Waals surface area contributed by atoms with E-state index in [1.807, 2.05) is 6.07 Å². The maximum atomic E-state index is 13.5. The highest BCUT2D eigenvalue weighted by Gasteiger charge is 2.25. The van der Waals surface area contributed by atoms with E-state index < -0.39 is 9.84 Å². The number of benzene rings is 2. The van der Waals surface area contributed by atoms with Crippen LogP contribution < -0.4 is 5.32 Å². The Bertz CT molecular complexity index is 1340. The summed E-state index contributed by atoms with van der Waals surface area (Å²) in [6.07, 6.45) is 1.89. The number of hydrogen-bond donors (Lipinski definition) is 1. The Labute approximate surface area is 196 Å². The van der Waals surface area contributed by atoms with Crippen molar-refractivity contribution < 1.29 is 17.6 Å². The van der Waals surface area contributed by atoms with E-state index in [1.165, 1.54) is 35.6 Å². The molecule has 2 heterocycles. The Morgan fingerprint density at radius 2 is 1.97 bits per heavy atom. The van der Waals surface area contributed by atoms with Crippen LogP contribution in [0.4, 0.5) is 9.39 Å². The van der Waals surface area contributed by atoms with Gasteiger partial charge >= 0.3 is 0 Å². The highest BCUT2D eigenvalue weighted by molar-refractivity contribution is 7.90. The molecule has 6 nitrogen and oxygen atoms in total. The van der Waals surface area contributed by atoms with Crippen molar-refractivity contribution in [3.05, 3.63) is 81.5 Å². The molecule has 2 aromatic carbocycles. The summed E-state index contributed by atoms with van der Waals surface area (Å²) < 4.78 is 36.7. The first kappa shape index (κ1) is 23.1. The second-order valence-corrected chi connectivity index (χ2v) is 11.2. The molecule has 170 valence electrons. The van der Waals surface area contributed by atoms with Crippen molar-refractivity contribution in [3.63, 3.8) is 0 Å². The van der Waals surface area contributed by atoms with Crippen LogP contribution in [0.25, 0.3) is 0 Å². The molecule has 1 aromatic heterocycles. The second-order valence-electron chi connectivity index (χ2n) is 8.05. The number of anilines is 1. The largest absolute Gasteiger partial charge is 0.316 e. The number of amides is 1. The lowest BCUT2D eigenvalue weighted by Gasteiger charge is -2.26. The first-order chi connectivity index (χ1) is 15.7. The van der Waals surface area contributed by atoms with Gasteiger partial charge in [0.25, 0.3) is 0 Å². The van der Waals surface area contributed by atoms with Gasteiger partial charge in [0, 0.05) is 30.8 Å². The minimum Gasteiger partial charge on any atom is -0.316 e. The molecule has 1 aliphatic rings. The highest BCUT2D eigenvalue weighted by Crippen LogP contribution is 2.37. The van der Waals surface area contributed by atoms with Gasteiger partial charge in [0.1, 0.15) is 16.9 Å². The topological polar surface area (TPSA) is 90.3 Å². The first-order valence-corrected chi connectivity index (χ1v) is 13.0. The summed E-state index contributed by atoms with van der Waals surface area (Å²) in [6, 6.07) is 15.0. The lowest BCUT2D eigenvalue weighted by atomic mass is 10.0. The Kier molecular flexibility index (Phi) is 6.61. The van der Waals surface area contributed by atoms with Crippen LogP contribution in [-0.4, -0.2) is 32.0 Å². The van der Waals surface area contributed by atoms with E-state index in [0.717, 1.165) is 28.8 Å². The average molecular weight is 484 g/mol. The average Bonchev–Trinajstić information content (AvgIpc) is 3.09. The lowest BCUT2D eigenvalue weighted by molar-refractivity contribution is -0.115.